The van der Waals surface area contributed by atoms with Gasteiger partial charge in [0.1, 0.15) is 11.8 Å². The Bertz CT molecular complexity index is 1190. The highest BCUT2D eigenvalue weighted by molar-refractivity contribution is 5.82. The number of rotatable bonds is 5. The molecule has 1 aromatic heterocycles. The Morgan fingerprint density at radius 3 is 2.59 bits per heavy atom. The molecule has 1 saturated carbocycles. The van der Waals surface area contributed by atoms with E-state index in [4.69, 9.17) is 5.26 Å². The van der Waals surface area contributed by atoms with Crippen LogP contribution in [-0.2, 0) is 18.4 Å². The molecule has 2 aromatic carbocycles. The number of aromatic nitrogens is 1. The van der Waals surface area contributed by atoms with Crippen molar-refractivity contribution in [3.8, 4) is 6.07 Å². The van der Waals surface area contributed by atoms with Gasteiger partial charge < -0.3 is 15.2 Å². The van der Waals surface area contributed by atoms with Gasteiger partial charge in [0.05, 0.1) is 0 Å². The molecule has 1 unspecified atom stereocenters. The molecule has 1 atom stereocenters. The molecule has 0 bridgehead atoms. The quantitative estimate of drug-likeness (QED) is 0.535. The molecule has 6 rings (SSSR count). The molecule has 4 nitrogen and oxygen atoms in total. The van der Waals surface area contributed by atoms with Gasteiger partial charge in [0.15, 0.2) is 0 Å². The normalized spacial score (nSPS) is 24.3. The van der Waals surface area contributed by atoms with Crippen LogP contribution in [0, 0.1) is 23.2 Å². The SMILES string of the molecule is N#Cc1cc2cc(CCN3CCC(C4(C5CCCC5)NCCc5ccccc54)CC3)ccc2[nH]1. The van der Waals surface area contributed by atoms with Gasteiger partial charge in [-0.25, -0.2) is 0 Å². The van der Waals surface area contributed by atoms with Crippen molar-refractivity contribution in [2.45, 2.75) is 56.9 Å². The number of piperidine rings is 1. The number of fused-ring (bicyclic) bond motifs is 2. The Balaban J connectivity index is 1.15. The average molecular weight is 453 g/mol. The van der Waals surface area contributed by atoms with E-state index < -0.39 is 0 Å². The molecular weight excluding hydrogens is 416 g/mol. The monoisotopic (exact) mass is 452 g/mol. The van der Waals surface area contributed by atoms with Gasteiger partial charge in [0.2, 0.25) is 0 Å². The molecule has 34 heavy (non-hydrogen) atoms. The van der Waals surface area contributed by atoms with Crippen LogP contribution in [-0.4, -0.2) is 36.1 Å². The largest absolute Gasteiger partial charge is 0.346 e. The van der Waals surface area contributed by atoms with Gasteiger partial charge in [-0.15, -0.1) is 0 Å². The van der Waals surface area contributed by atoms with Crippen LogP contribution in [0.1, 0.15) is 60.9 Å². The highest BCUT2D eigenvalue weighted by Crippen LogP contribution is 2.50. The fourth-order valence-corrected chi connectivity index (χ4v) is 7.38. The Kier molecular flexibility index (Phi) is 5.93. The second-order valence-electron chi connectivity index (χ2n) is 10.8. The predicted molar refractivity (Wildman–Crippen MR) is 138 cm³/mol. The summed E-state index contributed by atoms with van der Waals surface area (Å²) in [5, 5.41) is 14.4. The molecule has 2 N–H and O–H groups in total. The number of nitrogens with zero attached hydrogens (tertiary/aromatic N) is 2. The van der Waals surface area contributed by atoms with Gasteiger partial charge in [-0.1, -0.05) is 43.2 Å². The van der Waals surface area contributed by atoms with E-state index in [1.807, 2.05) is 6.07 Å². The number of likely N-dealkylation sites (tertiary alicyclic amines) is 1. The van der Waals surface area contributed by atoms with Crippen molar-refractivity contribution in [3.63, 3.8) is 0 Å². The summed E-state index contributed by atoms with van der Waals surface area (Å²) in [7, 11) is 0. The van der Waals surface area contributed by atoms with Crippen molar-refractivity contribution in [3.05, 3.63) is 70.9 Å². The summed E-state index contributed by atoms with van der Waals surface area (Å²) in [6.45, 7) is 4.65. The average Bonchev–Trinajstić information content (AvgIpc) is 3.57. The van der Waals surface area contributed by atoms with Crippen LogP contribution in [0.3, 0.4) is 0 Å². The molecule has 0 radical (unpaired) electrons. The second kappa shape index (κ2) is 9.21. The molecule has 0 spiro atoms. The highest BCUT2D eigenvalue weighted by Gasteiger charge is 2.49. The minimum atomic E-state index is 0.190. The van der Waals surface area contributed by atoms with Crippen LogP contribution < -0.4 is 5.32 Å². The number of H-pyrrole nitrogens is 1. The fraction of sp³-hybridized carbons (Fsp3) is 0.500. The molecule has 3 aliphatic rings. The van der Waals surface area contributed by atoms with Crippen molar-refractivity contribution in [1.29, 1.82) is 5.26 Å². The van der Waals surface area contributed by atoms with Gasteiger partial charge in [-0.2, -0.15) is 5.26 Å². The van der Waals surface area contributed by atoms with Crippen LogP contribution in [0.15, 0.2) is 48.5 Å². The first kappa shape index (κ1) is 21.9. The van der Waals surface area contributed by atoms with Gasteiger partial charge in [0, 0.05) is 29.5 Å². The zero-order valence-electron chi connectivity index (χ0n) is 20.2. The molecule has 4 heteroatoms. The Morgan fingerprint density at radius 2 is 1.76 bits per heavy atom. The van der Waals surface area contributed by atoms with Crippen molar-refractivity contribution >= 4 is 10.9 Å². The zero-order valence-corrected chi connectivity index (χ0v) is 20.2. The maximum absolute atomic E-state index is 9.15. The van der Waals surface area contributed by atoms with Crippen LogP contribution in [0.25, 0.3) is 10.9 Å². The topological polar surface area (TPSA) is 54.9 Å². The summed E-state index contributed by atoms with van der Waals surface area (Å²) in [5.41, 5.74) is 6.47. The molecule has 0 amide bonds. The molecule has 3 aromatic rings. The first-order chi connectivity index (χ1) is 16.8. The maximum Gasteiger partial charge on any atom is 0.118 e. The number of nitriles is 1. The minimum Gasteiger partial charge on any atom is -0.346 e. The van der Waals surface area contributed by atoms with E-state index in [2.05, 4.69) is 63.7 Å². The number of nitrogens with one attached hydrogen (secondary N) is 2. The number of benzene rings is 2. The molecule has 176 valence electrons. The lowest BCUT2D eigenvalue weighted by molar-refractivity contribution is 0.0561. The summed E-state index contributed by atoms with van der Waals surface area (Å²) in [4.78, 5) is 5.85. The van der Waals surface area contributed by atoms with E-state index in [0.29, 0.717) is 5.69 Å². The van der Waals surface area contributed by atoms with E-state index in [1.165, 1.54) is 63.6 Å². The lowest BCUT2D eigenvalue weighted by Crippen LogP contribution is -2.58. The Hall–Kier alpha value is -2.61. The third-order valence-electron chi connectivity index (χ3n) is 9.03. The van der Waals surface area contributed by atoms with Crippen LogP contribution >= 0.6 is 0 Å². The first-order valence-corrected chi connectivity index (χ1v) is 13.3. The van der Waals surface area contributed by atoms with E-state index in [-0.39, 0.29) is 5.54 Å². The summed E-state index contributed by atoms with van der Waals surface area (Å²) in [6.07, 6.45) is 10.4. The van der Waals surface area contributed by atoms with E-state index >= 15 is 0 Å². The van der Waals surface area contributed by atoms with Crippen molar-refractivity contribution in [2.75, 3.05) is 26.2 Å². The Labute approximate surface area is 203 Å². The lowest BCUT2D eigenvalue weighted by atomic mass is 9.63. The van der Waals surface area contributed by atoms with E-state index in [0.717, 1.165) is 42.2 Å². The standard InChI is InChI=1S/C30H36N4/c31-21-27-20-24-19-22(9-10-29(24)33-27)12-16-34-17-13-26(14-18-34)30(25-6-2-3-7-25)28-8-4-1-5-23(28)11-15-32-30/h1,4-5,8-10,19-20,25-26,32-33H,2-3,6-7,11-18H2. The Morgan fingerprint density at radius 1 is 0.971 bits per heavy atom. The summed E-state index contributed by atoms with van der Waals surface area (Å²) < 4.78 is 0. The second-order valence-corrected chi connectivity index (χ2v) is 10.8. The maximum atomic E-state index is 9.15. The first-order valence-electron chi connectivity index (χ1n) is 13.3. The summed E-state index contributed by atoms with van der Waals surface area (Å²) >= 11 is 0. The third kappa shape index (κ3) is 3.85. The van der Waals surface area contributed by atoms with Crippen molar-refractivity contribution < 1.29 is 0 Å². The van der Waals surface area contributed by atoms with Gasteiger partial charge in [-0.3, -0.25) is 0 Å². The lowest BCUT2D eigenvalue weighted by Gasteiger charge is -2.52. The smallest absolute Gasteiger partial charge is 0.118 e. The summed E-state index contributed by atoms with van der Waals surface area (Å²) in [5.74, 6) is 1.52. The van der Waals surface area contributed by atoms with Crippen molar-refractivity contribution in [1.82, 2.24) is 15.2 Å². The number of hydrogen-bond acceptors (Lipinski definition) is 3. The third-order valence-corrected chi connectivity index (χ3v) is 9.03. The van der Waals surface area contributed by atoms with Crippen LogP contribution in [0.4, 0.5) is 0 Å². The van der Waals surface area contributed by atoms with Crippen molar-refractivity contribution in [2.24, 2.45) is 11.8 Å². The molecule has 2 aliphatic heterocycles. The number of hydrogen-bond donors (Lipinski definition) is 2. The summed E-state index contributed by atoms with van der Waals surface area (Å²) in [6, 6.07) is 20.1. The molecule has 1 aliphatic carbocycles. The predicted octanol–water partition coefficient (Wildman–Crippen LogP) is 5.53. The van der Waals surface area contributed by atoms with E-state index in [9.17, 15) is 0 Å². The molecule has 3 heterocycles. The zero-order chi connectivity index (χ0) is 23.0. The highest BCUT2D eigenvalue weighted by atomic mass is 15.1. The minimum absolute atomic E-state index is 0.190. The van der Waals surface area contributed by atoms with Crippen LogP contribution in [0.5, 0.6) is 0 Å². The van der Waals surface area contributed by atoms with Crippen LogP contribution in [0.2, 0.25) is 0 Å². The van der Waals surface area contributed by atoms with Gasteiger partial charge in [0.25, 0.3) is 0 Å². The molecular formula is C30H36N4. The fourth-order valence-electron chi connectivity index (χ4n) is 7.38. The van der Waals surface area contributed by atoms with E-state index in [1.54, 1.807) is 11.1 Å². The number of aromatic amines is 1. The molecule has 1 saturated heterocycles. The van der Waals surface area contributed by atoms with Gasteiger partial charge >= 0.3 is 0 Å². The van der Waals surface area contributed by atoms with Gasteiger partial charge in [-0.05, 0) is 98.3 Å². The molecule has 2 fully saturated rings.